The first-order chi connectivity index (χ1) is 27.2. The SMILES string of the molecule is C=CCNC(=O)C(=O)C(CC1CCC1)NC(=O)C1CCCN1C(=O)C(NC(=O)NC(CN(C)OSN(C)c1ccccn1)C(C)(C)C)C1CC2=C(C=CCC=C2)C1. The summed E-state index contributed by atoms with van der Waals surface area (Å²) in [4.78, 5) is 74.6. The number of hydrogen-bond acceptors (Lipinski definition) is 10. The third kappa shape index (κ3) is 12.0. The summed E-state index contributed by atoms with van der Waals surface area (Å²) in [7, 11) is 3.64. The van der Waals surface area contributed by atoms with Gasteiger partial charge in [-0.3, -0.25) is 23.5 Å². The smallest absolute Gasteiger partial charge is 0.315 e. The van der Waals surface area contributed by atoms with Gasteiger partial charge in [0.05, 0.1) is 12.1 Å². The molecule has 2 heterocycles. The highest BCUT2D eigenvalue weighted by Gasteiger charge is 2.44. The molecule has 310 valence electrons. The summed E-state index contributed by atoms with van der Waals surface area (Å²) >= 11 is 1.11. The van der Waals surface area contributed by atoms with Crippen LogP contribution in [0.4, 0.5) is 10.6 Å². The highest BCUT2D eigenvalue weighted by atomic mass is 32.2. The topological polar surface area (TPSA) is 165 Å². The number of Topliss-reactive ketones (excluding diaryl/α,β-unsaturated/α-hetero) is 1. The third-order valence-electron chi connectivity index (χ3n) is 11.2. The Kier molecular flexibility index (Phi) is 15.5. The van der Waals surface area contributed by atoms with Gasteiger partial charge < -0.3 is 26.2 Å². The minimum atomic E-state index is -0.997. The Morgan fingerprint density at radius 1 is 1.02 bits per heavy atom. The zero-order valence-electron chi connectivity index (χ0n) is 34.0. The Morgan fingerprint density at radius 3 is 2.35 bits per heavy atom. The molecule has 1 aromatic rings. The molecule has 5 amide bonds. The molecular formula is C42H60N8O6S. The molecule has 1 aromatic heterocycles. The van der Waals surface area contributed by atoms with E-state index in [1.807, 2.05) is 46.0 Å². The summed E-state index contributed by atoms with van der Waals surface area (Å²) in [6.07, 6.45) is 17.9. The average Bonchev–Trinajstić information content (AvgIpc) is 3.77. The summed E-state index contributed by atoms with van der Waals surface area (Å²) in [6, 6.07) is 1.96. The van der Waals surface area contributed by atoms with E-state index in [-0.39, 0.29) is 35.7 Å². The molecule has 15 heteroatoms. The molecule has 1 saturated carbocycles. The van der Waals surface area contributed by atoms with Crippen molar-refractivity contribution in [2.24, 2.45) is 17.3 Å². The number of pyridine rings is 1. The van der Waals surface area contributed by atoms with Gasteiger partial charge in [0.25, 0.3) is 5.91 Å². The average molecular weight is 805 g/mol. The van der Waals surface area contributed by atoms with Crippen molar-refractivity contribution in [1.82, 2.24) is 36.2 Å². The predicted octanol–water partition coefficient (Wildman–Crippen LogP) is 4.79. The van der Waals surface area contributed by atoms with E-state index in [2.05, 4.69) is 57.1 Å². The van der Waals surface area contributed by atoms with Gasteiger partial charge in [-0.1, -0.05) is 76.5 Å². The number of hydrogen-bond donors (Lipinski definition) is 4. The van der Waals surface area contributed by atoms with Crippen molar-refractivity contribution in [2.45, 2.75) is 103 Å². The van der Waals surface area contributed by atoms with Gasteiger partial charge in [-0.25, -0.2) is 14.1 Å². The number of urea groups is 1. The molecule has 0 bridgehead atoms. The van der Waals surface area contributed by atoms with E-state index in [0.29, 0.717) is 45.2 Å². The number of amides is 5. The number of nitrogens with zero attached hydrogens (tertiary/aromatic N) is 4. The van der Waals surface area contributed by atoms with Crippen LogP contribution in [0, 0.1) is 17.3 Å². The van der Waals surface area contributed by atoms with Crippen molar-refractivity contribution < 1.29 is 28.3 Å². The quantitative estimate of drug-likeness (QED) is 0.0534. The number of aromatic nitrogens is 1. The fourth-order valence-electron chi connectivity index (χ4n) is 7.67. The Bertz CT molecular complexity index is 1680. The maximum absolute atomic E-state index is 14.7. The van der Waals surface area contributed by atoms with Crippen molar-refractivity contribution in [3.8, 4) is 0 Å². The largest absolute Gasteiger partial charge is 0.346 e. The van der Waals surface area contributed by atoms with Gasteiger partial charge in [0, 0.05) is 39.9 Å². The lowest BCUT2D eigenvalue weighted by molar-refractivity contribution is -0.143. The standard InChI is InChI=1S/C42H60N8O6S/c1-7-21-44-39(53)37(51)32(24-28-15-13-16-28)45-38(52)33-19-14-23-50(33)40(54)36(31-25-29-17-9-8-10-18-30(29)26-31)47-41(55)46-34(42(2,3)4)27-48(5)56-57-49(6)35-20-11-12-22-43-35/h7,9-12,17-18,20,22,28,31-34,36H,1,8,13-16,19,21,23-27H2,2-6H3,(H,44,53)(H,45,52)(H2,46,47,55). The lowest BCUT2D eigenvalue weighted by atomic mass is 9.80. The molecule has 4 aliphatic rings. The fourth-order valence-corrected chi connectivity index (χ4v) is 8.13. The molecule has 1 aliphatic heterocycles. The number of anilines is 1. The van der Waals surface area contributed by atoms with E-state index < -0.39 is 41.8 Å². The third-order valence-corrected chi connectivity index (χ3v) is 12.0. The van der Waals surface area contributed by atoms with Crippen LogP contribution in [0.2, 0.25) is 0 Å². The fraction of sp³-hybridized carbons (Fsp3) is 0.571. The molecule has 4 atom stereocenters. The maximum atomic E-state index is 14.7. The molecule has 57 heavy (non-hydrogen) atoms. The van der Waals surface area contributed by atoms with Crippen LogP contribution in [0.15, 0.2) is 72.5 Å². The second-order valence-corrected chi connectivity index (χ2v) is 17.4. The molecule has 0 spiro atoms. The molecule has 0 aromatic carbocycles. The summed E-state index contributed by atoms with van der Waals surface area (Å²) in [6.45, 7) is 10.5. The lowest BCUT2D eigenvalue weighted by Crippen LogP contribution is -2.60. The molecule has 5 rings (SSSR count). The van der Waals surface area contributed by atoms with Gasteiger partial charge in [0.15, 0.2) is 0 Å². The summed E-state index contributed by atoms with van der Waals surface area (Å²) in [5, 5.41) is 13.2. The molecule has 0 radical (unpaired) electrons. The second kappa shape index (κ2) is 20.3. The molecule has 3 aliphatic carbocycles. The van der Waals surface area contributed by atoms with Crippen LogP contribution in [0.3, 0.4) is 0 Å². The molecule has 1 saturated heterocycles. The van der Waals surface area contributed by atoms with E-state index in [1.165, 1.54) is 6.08 Å². The number of nitrogens with one attached hydrogen (secondary N) is 4. The van der Waals surface area contributed by atoms with Crippen LogP contribution in [0.25, 0.3) is 0 Å². The lowest BCUT2D eigenvalue weighted by Gasteiger charge is -2.36. The number of hydroxylamine groups is 2. The Morgan fingerprint density at radius 2 is 1.74 bits per heavy atom. The summed E-state index contributed by atoms with van der Waals surface area (Å²) < 4.78 is 7.73. The minimum absolute atomic E-state index is 0.136. The minimum Gasteiger partial charge on any atom is -0.346 e. The van der Waals surface area contributed by atoms with E-state index in [9.17, 15) is 24.0 Å². The molecule has 4 N–H and O–H groups in total. The number of allylic oxidation sites excluding steroid dienone is 6. The van der Waals surface area contributed by atoms with Gasteiger partial charge in [0.1, 0.15) is 30.1 Å². The van der Waals surface area contributed by atoms with Crippen LogP contribution < -0.4 is 25.6 Å². The number of likely N-dealkylation sites (tertiary alicyclic amines) is 1. The normalized spacial score (nSPS) is 19.9. The summed E-state index contributed by atoms with van der Waals surface area (Å²) in [5.74, 6) is -1.56. The van der Waals surface area contributed by atoms with Crippen LogP contribution >= 0.6 is 12.2 Å². The monoisotopic (exact) mass is 804 g/mol. The van der Waals surface area contributed by atoms with Crippen molar-refractivity contribution in [2.75, 3.05) is 38.0 Å². The Hall–Kier alpha value is -4.47. The molecular weight excluding hydrogens is 745 g/mol. The molecule has 4 unspecified atom stereocenters. The maximum Gasteiger partial charge on any atom is 0.315 e. The zero-order chi connectivity index (χ0) is 41.1. The van der Waals surface area contributed by atoms with Gasteiger partial charge >= 0.3 is 6.03 Å². The predicted molar refractivity (Wildman–Crippen MR) is 222 cm³/mol. The number of ketones is 1. The Balaban J connectivity index is 1.29. The zero-order valence-corrected chi connectivity index (χ0v) is 34.8. The van der Waals surface area contributed by atoms with Crippen molar-refractivity contribution in [3.63, 3.8) is 0 Å². The first kappa shape index (κ1) is 43.6. The Labute approximate surface area is 341 Å². The number of carbonyl (C=O) groups excluding carboxylic acids is 5. The van der Waals surface area contributed by atoms with E-state index in [1.54, 1.807) is 27.5 Å². The van der Waals surface area contributed by atoms with Crippen LogP contribution in [0.5, 0.6) is 0 Å². The van der Waals surface area contributed by atoms with E-state index in [0.717, 1.165) is 54.9 Å². The number of carbonyl (C=O) groups is 5. The van der Waals surface area contributed by atoms with Crippen LogP contribution in [-0.2, 0) is 23.5 Å². The van der Waals surface area contributed by atoms with E-state index >= 15 is 0 Å². The second-order valence-electron chi connectivity index (χ2n) is 16.6. The molecule has 14 nitrogen and oxygen atoms in total. The molecule has 2 fully saturated rings. The number of likely N-dealkylation sites (N-methyl/N-ethyl adjacent to an activating group) is 1. The highest BCUT2D eigenvalue weighted by Crippen LogP contribution is 2.38. The summed E-state index contributed by atoms with van der Waals surface area (Å²) in [5.41, 5.74) is 1.88. The first-order valence-corrected chi connectivity index (χ1v) is 20.8. The van der Waals surface area contributed by atoms with Gasteiger partial charge in [-0.2, -0.15) is 5.06 Å². The van der Waals surface area contributed by atoms with Crippen LogP contribution in [0.1, 0.15) is 78.6 Å². The highest BCUT2D eigenvalue weighted by molar-refractivity contribution is 7.96. The first-order valence-electron chi connectivity index (χ1n) is 20.1. The van der Waals surface area contributed by atoms with Crippen molar-refractivity contribution in [1.29, 1.82) is 0 Å². The van der Waals surface area contributed by atoms with E-state index in [4.69, 9.17) is 4.28 Å². The van der Waals surface area contributed by atoms with Gasteiger partial charge in [-0.15, -0.1) is 6.58 Å². The number of rotatable bonds is 18. The van der Waals surface area contributed by atoms with Crippen molar-refractivity contribution in [3.05, 3.63) is 72.5 Å². The van der Waals surface area contributed by atoms with Crippen LogP contribution in [-0.4, -0.2) is 102 Å². The van der Waals surface area contributed by atoms with Gasteiger partial charge in [0.2, 0.25) is 17.6 Å². The van der Waals surface area contributed by atoms with Gasteiger partial charge in [-0.05, 0) is 79.1 Å². The van der Waals surface area contributed by atoms with Crippen molar-refractivity contribution >= 4 is 47.6 Å².